The van der Waals surface area contributed by atoms with Gasteiger partial charge in [-0.1, -0.05) is 0 Å². The second-order valence-electron chi connectivity index (χ2n) is 4.80. The van der Waals surface area contributed by atoms with Crippen molar-refractivity contribution >= 4 is 5.91 Å². The predicted molar refractivity (Wildman–Crippen MR) is 62.1 cm³/mol. The van der Waals surface area contributed by atoms with E-state index in [1.54, 1.807) is 28.9 Å². The molecule has 1 aromatic rings. The maximum atomic E-state index is 12.2. The standard InChI is InChI=1S/C12H16N4O/c1-12(9-13)4-7-16(8-5-12)11(17)10-3-6-14-15(10)2/h3,6H,4-5,7-8H2,1-2H3. The van der Waals surface area contributed by atoms with Crippen molar-refractivity contribution in [1.29, 1.82) is 5.26 Å². The highest BCUT2D eigenvalue weighted by Crippen LogP contribution is 2.30. The monoisotopic (exact) mass is 232 g/mol. The van der Waals surface area contributed by atoms with Gasteiger partial charge in [-0.25, -0.2) is 0 Å². The quantitative estimate of drug-likeness (QED) is 0.730. The summed E-state index contributed by atoms with van der Waals surface area (Å²) in [5.41, 5.74) is 0.328. The summed E-state index contributed by atoms with van der Waals surface area (Å²) in [7, 11) is 1.76. The molecule has 1 aliphatic rings. The van der Waals surface area contributed by atoms with Crippen molar-refractivity contribution in [3.8, 4) is 6.07 Å². The number of likely N-dealkylation sites (tertiary alicyclic amines) is 1. The number of carbonyl (C=O) groups excluding carboxylic acids is 1. The van der Waals surface area contributed by atoms with E-state index in [9.17, 15) is 4.79 Å². The van der Waals surface area contributed by atoms with Gasteiger partial charge in [-0.05, 0) is 25.8 Å². The highest BCUT2D eigenvalue weighted by molar-refractivity contribution is 5.92. The molecule has 1 aliphatic heterocycles. The molecule has 1 aromatic heterocycles. The van der Waals surface area contributed by atoms with Crippen molar-refractivity contribution in [1.82, 2.24) is 14.7 Å². The Balaban J connectivity index is 2.06. The fraction of sp³-hybridized carbons (Fsp3) is 0.583. The smallest absolute Gasteiger partial charge is 0.272 e. The Morgan fingerprint density at radius 2 is 2.18 bits per heavy atom. The van der Waals surface area contributed by atoms with Gasteiger partial charge in [-0.2, -0.15) is 10.4 Å². The molecule has 5 nitrogen and oxygen atoms in total. The lowest BCUT2D eigenvalue weighted by Gasteiger charge is -2.34. The van der Waals surface area contributed by atoms with E-state index in [0.29, 0.717) is 18.8 Å². The van der Waals surface area contributed by atoms with Crippen molar-refractivity contribution in [3.63, 3.8) is 0 Å². The third-order valence-electron chi connectivity index (χ3n) is 3.46. The number of carbonyl (C=O) groups is 1. The van der Waals surface area contributed by atoms with Crippen LogP contribution >= 0.6 is 0 Å². The van der Waals surface area contributed by atoms with Crippen molar-refractivity contribution in [2.45, 2.75) is 19.8 Å². The summed E-state index contributed by atoms with van der Waals surface area (Å²) in [6.45, 7) is 3.25. The first-order chi connectivity index (χ1) is 8.06. The minimum atomic E-state index is -0.275. The summed E-state index contributed by atoms with van der Waals surface area (Å²) >= 11 is 0. The Hall–Kier alpha value is -1.83. The molecule has 0 aromatic carbocycles. The second kappa shape index (κ2) is 4.21. The minimum absolute atomic E-state index is 0.00462. The second-order valence-corrected chi connectivity index (χ2v) is 4.80. The number of piperidine rings is 1. The summed E-state index contributed by atoms with van der Waals surface area (Å²) in [4.78, 5) is 14.0. The lowest BCUT2D eigenvalue weighted by atomic mass is 9.82. The van der Waals surface area contributed by atoms with Gasteiger partial charge in [0.1, 0.15) is 5.69 Å². The van der Waals surface area contributed by atoms with Gasteiger partial charge in [0.05, 0.1) is 11.5 Å². The zero-order chi connectivity index (χ0) is 12.5. The van der Waals surface area contributed by atoms with Gasteiger partial charge < -0.3 is 4.90 Å². The first-order valence-corrected chi connectivity index (χ1v) is 5.74. The van der Waals surface area contributed by atoms with E-state index in [0.717, 1.165) is 12.8 Å². The molecule has 0 bridgehead atoms. The van der Waals surface area contributed by atoms with Crippen LogP contribution < -0.4 is 0 Å². The molecule has 17 heavy (non-hydrogen) atoms. The summed E-state index contributed by atoms with van der Waals surface area (Å²) in [6, 6.07) is 4.05. The minimum Gasteiger partial charge on any atom is -0.337 e. The predicted octanol–water partition coefficient (Wildman–Crippen LogP) is 1.19. The van der Waals surface area contributed by atoms with Gasteiger partial charge in [-0.3, -0.25) is 9.48 Å². The molecule has 1 fully saturated rings. The largest absolute Gasteiger partial charge is 0.337 e. The van der Waals surface area contributed by atoms with Gasteiger partial charge in [0.25, 0.3) is 5.91 Å². The van der Waals surface area contributed by atoms with Crippen LogP contribution in [0.5, 0.6) is 0 Å². The summed E-state index contributed by atoms with van der Waals surface area (Å²) in [5.74, 6) is 0.00462. The van der Waals surface area contributed by atoms with Crippen molar-refractivity contribution in [2.24, 2.45) is 12.5 Å². The Kier molecular flexibility index (Phi) is 2.88. The van der Waals surface area contributed by atoms with Crippen LogP contribution in [0.1, 0.15) is 30.3 Å². The number of nitrogens with zero attached hydrogens (tertiary/aromatic N) is 4. The molecule has 1 saturated heterocycles. The fourth-order valence-corrected chi connectivity index (χ4v) is 2.06. The molecular weight excluding hydrogens is 216 g/mol. The molecule has 0 saturated carbocycles. The third-order valence-corrected chi connectivity index (χ3v) is 3.46. The normalized spacial score (nSPS) is 18.8. The van der Waals surface area contributed by atoms with E-state index in [1.165, 1.54) is 0 Å². The van der Waals surface area contributed by atoms with Gasteiger partial charge in [0.2, 0.25) is 0 Å². The molecule has 0 spiro atoms. The lowest BCUT2D eigenvalue weighted by Crippen LogP contribution is -2.42. The fourth-order valence-electron chi connectivity index (χ4n) is 2.06. The zero-order valence-electron chi connectivity index (χ0n) is 10.2. The Labute approximate surface area is 101 Å². The molecule has 0 unspecified atom stereocenters. The van der Waals surface area contributed by atoms with Crippen LogP contribution in [-0.4, -0.2) is 33.7 Å². The average Bonchev–Trinajstić information content (AvgIpc) is 2.76. The Morgan fingerprint density at radius 1 is 1.53 bits per heavy atom. The zero-order valence-corrected chi connectivity index (χ0v) is 10.2. The molecular formula is C12H16N4O. The summed E-state index contributed by atoms with van der Waals surface area (Å²) < 4.78 is 1.58. The van der Waals surface area contributed by atoms with Crippen LogP contribution in [-0.2, 0) is 7.05 Å². The molecule has 2 rings (SSSR count). The van der Waals surface area contributed by atoms with Gasteiger partial charge >= 0.3 is 0 Å². The number of hydrogen-bond donors (Lipinski definition) is 0. The molecule has 0 atom stereocenters. The molecule has 2 heterocycles. The van der Waals surface area contributed by atoms with E-state index in [1.807, 2.05) is 6.92 Å². The number of nitriles is 1. The number of hydrogen-bond acceptors (Lipinski definition) is 3. The SMILES string of the molecule is Cn1nccc1C(=O)N1CCC(C)(C#N)CC1. The maximum Gasteiger partial charge on any atom is 0.272 e. The third kappa shape index (κ3) is 2.16. The first kappa shape index (κ1) is 11.6. The molecule has 0 aliphatic carbocycles. The molecule has 1 amide bonds. The highest BCUT2D eigenvalue weighted by Gasteiger charge is 2.32. The molecule has 0 N–H and O–H groups in total. The van der Waals surface area contributed by atoms with Gasteiger partial charge in [0.15, 0.2) is 0 Å². The molecule has 0 radical (unpaired) electrons. The number of amides is 1. The topological polar surface area (TPSA) is 61.9 Å². The molecule has 5 heteroatoms. The van der Waals surface area contributed by atoms with Crippen LogP contribution in [0.2, 0.25) is 0 Å². The summed E-state index contributed by atoms with van der Waals surface area (Å²) in [5, 5.41) is 13.0. The van der Waals surface area contributed by atoms with Crippen LogP contribution in [0.3, 0.4) is 0 Å². The van der Waals surface area contributed by atoms with E-state index in [2.05, 4.69) is 11.2 Å². The van der Waals surface area contributed by atoms with E-state index in [-0.39, 0.29) is 11.3 Å². The highest BCUT2D eigenvalue weighted by atomic mass is 16.2. The van der Waals surface area contributed by atoms with Crippen molar-refractivity contribution < 1.29 is 4.79 Å². The lowest BCUT2D eigenvalue weighted by molar-refractivity contribution is 0.0650. The summed E-state index contributed by atoms with van der Waals surface area (Å²) in [6.07, 6.45) is 3.11. The van der Waals surface area contributed by atoms with Crippen LogP contribution in [0.4, 0.5) is 0 Å². The number of aryl methyl sites for hydroxylation is 1. The maximum absolute atomic E-state index is 12.2. The Bertz CT molecular complexity index is 463. The number of rotatable bonds is 1. The average molecular weight is 232 g/mol. The molecule has 90 valence electrons. The van der Waals surface area contributed by atoms with Gasteiger partial charge in [0, 0.05) is 26.3 Å². The van der Waals surface area contributed by atoms with Crippen LogP contribution in [0, 0.1) is 16.7 Å². The van der Waals surface area contributed by atoms with Crippen LogP contribution in [0.25, 0.3) is 0 Å². The first-order valence-electron chi connectivity index (χ1n) is 5.74. The van der Waals surface area contributed by atoms with Crippen molar-refractivity contribution in [2.75, 3.05) is 13.1 Å². The van der Waals surface area contributed by atoms with Gasteiger partial charge in [-0.15, -0.1) is 0 Å². The Morgan fingerprint density at radius 3 is 2.65 bits per heavy atom. The van der Waals surface area contributed by atoms with Crippen molar-refractivity contribution in [3.05, 3.63) is 18.0 Å². The van der Waals surface area contributed by atoms with E-state index >= 15 is 0 Å². The van der Waals surface area contributed by atoms with E-state index < -0.39 is 0 Å². The number of aromatic nitrogens is 2. The van der Waals surface area contributed by atoms with E-state index in [4.69, 9.17) is 5.26 Å². The van der Waals surface area contributed by atoms with Crippen LogP contribution in [0.15, 0.2) is 12.3 Å².